The molecule has 1 amide bonds. The van der Waals surface area contributed by atoms with Crippen LogP contribution in [0.25, 0.3) is 0 Å². The van der Waals surface area contributed by atoms with Crippen LogP contribution in [0.2, 0.25) is 0 Å². The van der Waals surface area contributed by atoms with E-state index in [9.17, 15) is 13.2 Å². The molecule has 2 aromatic carbocycles. The third kappa shape index (κ3) is 4.44. The number of hydrogen-bond acceptors (Lipinski definition) is 4. The zero-order valence-corrected chi connectivity index (χ0v) is 16.6. The molecular weight excluding hydrogens is 380 g/mol. The summed E-state index contributed by atoms with van der Waals surface area (Å²) in [6, 6.07) is 16.6. The standard InChI is InChI=1S/C20H20N2O3S2/c1-14-8-6-11-17(15(14)2)21-20(23)19(16-9-4-3-5-10-16)22-27(24,25)18-12-7-13-26-18/h3-13,19,22H,1-2H3,(H,21,23). The summed E-state index contributed by atoms with van der Waals surface area (Å²) in [7, 11) is -3.81. The van der Waals surface area contributed by atoms with Crippen molar-refractivity contribution in [2.24, 2.45) is 0 Å². The fraction of sp³-hybridized carbons (Fsp3) is 0.150. The molecule has 0 aliphatic rings. The van der Waals surface area contributed by atoms with Crippen molar-refractivity contribution < 1.29 is 13.2 Å². The maximum Gasteiger partial charge on any atom is 0.251 e. The SMILES string of the molecule is Cc1cccc(NC(=O)C(NS(=O)(=O)c2cccs2)c2ccccc2)c1C. The zero-order chi connectivity index (χ0) is 19.4. The molecule has 1 heterocycles. The number of hydrogen-bond donors (Lipinski definition) is 2. The molecule has 0 aliphatic heterocycles. The molecule has 0 fully saturated rings. The summed E-state index contributed by atoms with van der Waals surface area (Å²) in [6.07, 6.45) is 0. The molecule has 1 aromatic heterocycles. The van der Waals surface area contributed by atoms with Gasteiger partial charge in [-0.05, 0) is 48.1 Å². The normalized spacial score (nSPS) is 12.5. The van der Waals surface area contributed by atoms with Crippen LogP contribution in [0.4, 0.5) is 5.69 Å². The first-order valence-corrected chi connectivity index (χ1v) is 10.7. The van der Waals surface area contributed by atoms with Gasteiger partial charge in [0.15, 0.2) is 0 Å². The first-order valence-electron chi connectivity index (χ1n) is 8.36. The number of carbonyl (C=O) groups excluding carboxylic acids is 1. The Morgan fingerprint density at radius 1 is 0.963 bits per heavy atom. The smallest absolute Gasteiger partial charge is 0.251 e. The van der Waals surface area contributed by atoms with Crippen molar-refractivity contribution in [3.63, 3.8) is 0 Å². The Balaban J connectivity index is 1.93. The highest BCUT2D eigenvalue weighted by Gasteiger charge is 2.28. The van der Waals surface area contributed by atoms with E-state index in [1.54, 1.807) is 41.8 Å². The Labute approximate surface area is 163 Å². The number of sulfonamides is 1. The van der Waals surface area contributed by atoms with E-state index in [-0.39, 0.29) is 4.21 Å². The highest BCUT2D eigenvalue weighted by Crippen LogP contribution is 2.24. The summed E-state index contributed by atoms with van der Waals surface area (Å²) < 4.78 is 28.1. The van der Waals surface area contributed by atoms with Gasteiger partial charge >= 0.3 is 0 Å². The van der Waals surface area contributed by atoms with Crippen molar-refractivity contribution in [2.45, 2.75) is 24.1 Å². The Morgan fingerprint density at radius 3 is 2.37 bits per heavy atom. The summed E-state index contributed by atoms with van der Waals surface area (Å²) in [4.78, 5) is 13.0. The van der Waals surface area contributed by atoms with Gasteiger partial charge < -0.3 is 5.32 Å². The minimum atomic E-state index is -3.81. The number of aryl methyl sites for hydroxylation is 1. The highest BCUT2D eigenvalue weighted by molar-refractivity contribution is 7.91. The van der Waals surface area contributed by atoms with Crippen LogP contribution >= 0.6 is 11.3 Å². The molecule has 1 unspecified atom stereocenters. The van der Waals surface area contributed by atoms with Crippen LogP contribution in [0, 0.1) is 13.8 Å². The molecule has 0 spiro atoms. The molecule has 0 saturated heterocycles. The van der Waals surface area contributed by atoms with E-state index in [0.29, 0.717) is 11.3 Å². The molecule has 0 bridgehead atoms. The Bertz CT molecular complexity index is 1030. The van der Waals surface area contributed by atoms with E-state index in [2.05, 4.69) is 10.0 Å². The van der Waals surface area contributed by atoms with Gasteiger partial charge in [0.05, 0.1) is 0 Å². The van der Waals surface area contributed by atoms with Gasteiger partial charge in [0.25, 0.3) is 10.0 Å². The van der Waals surface area contributed by atoms with E-state index in [1.807, 2.05) is 32.0 Å². The lowest BCUT2D eigenvalue weighted by Crippen LogP contribution is -2.36. The van der Waals surface area contributed by atoms with Gasteiger partial charge in [-0.25, -0.2) is 8.42 Å². The van der Waals surface area contributed by atoms with Crippen molar-refractivity contribution in [1.29, 1.82) is 0 Å². The summed E-state index contributed by atoms with van der Waals surface area (Å²) >= 11 is 1.10. The van der Waals surface area contributed by atoms with Crippen LogP contribution < -0.4 is 10.0 Å². The van der Waals surface area contributed by atoms with Gasteiger partial charge in [0.1, 0.15) is 10.3 Å². The predicted octanol–water partition coefficient (Wildman–Crippen LogP) is 4.02. The van der Waals surface area contributed by atoms with Gasteiger partial charge in [0.2, 0.25) is 5.91 Å². The minimum absolute atomic E-state index is 0.169. The third-order valence-corrected chi connectivity index (χ3v) is 7.11. The van der Waals surface area contributed by atoms with Gasteiger partial charge in [-0.15, -0.1) is 11.3 Å². The lowest BCUT2D eigenvalue weighted by molar-refractivity contribution is -0.117. The van der Waals surface area contributed by atoms with E-state index in [1.165, 1.54) is 6.07 Å². The average molecular weight is 401 g/mol. The predicted molar refractivity (Wildman–Crippen MR) is 108 cm³/mol. The molecule has 7 heteroatoms. The van der Waals surface area contributed by atoms with E-state index < -0.39 is 22.0 Å². The van der Waals surface area contributed by atoms with Crippen LogP contribution in [-0.4, -0.2) is 14.3 Å². The number of carbonyl (C=O) groups is 1. The fourth-order valence-corrected chi connectivity index (χ4v) is 4.83. The Hall–Kier alpha value is -2.48. The highest BCUT2D eigenvalue weighted by atomic mass is 32.2. The van der Waals surface area contributed by atoms with E-state index in [0.717, 1.165) is 22.5 Å². The van der Waals surface area contributed by atoms with Gasteiger partial charge in [-0.1, -0.05) is 48.5 Å². The summed E-state index contributed by atoms with van der Waals surface area (Å²) in [5.74, 6) is -0.435. The summed E-state index contributed by atoms with van der Waals surface area (Å²) in [5, 5.41) is 4.54. The largest absolute Gasteiger partial charge is 0.324 e. The number of rotatable bonds is 6. The third-order valence-electron chi connectivity index (χ3n) is 4.29. The minimum Gasteiger partial charge on any atom is -0.324 e. The monoisotopic (exact) mass is 400 g/mol. The average Bonchev–Trinajstić information content (AvgIpc) is 3.20. The summed E-state index contributed by atoms with van der Waals surface area (Å²) in [6.45, 7) is 3.87. The molecule has 0 saturated carbocycles. The molecule has 0 radical (unpaired) electrons. The van der Waals surface area contributed by atoms with E-state index >= 15 is 0 Å². The molecule has 3 rings (SSSR count). The van der Waals surface area contributed by atoms with Gasteiger partial charge in [0, 0.05) is 5.69 Å². The van der Waals surface area contributed by atoms with Crippen molar-refractivity contribution in [3.8, 4) is 0 Å². The van der Waals surface area contributed by atoms with Gasteiger partial charge in [-0.3, -0.25) is 4.79 Å². The lowest BCUT2D eigenvalue weighted by atomic mass is 10.1. The second-order valence-electron chi connectivity index (χ2n) is 6.13. The molecule has 0 aliphatic carbocycles. The summed E-state index contributed by atoms with van der Waals surface area (Å²) in [5.41, 5.74) is 3.22. The molecule has 3 aromatic rings. The van der Waals surface area contributed by atoms with Crippen LogP contribution in [0.3, 0.4) is 0 Å². The van der Waals surface area contributed by atoms with Crippen LogP contribution in [0.15, 0.2) is 70.3 Å². The van der Waals surface area contributed by atoms with Crippen LogP contribution in [0.5, 0.6) is 0 Å². The fourth-order valence-electron chi connectivity index (χ4n) is 2.64. The Morgan fingerprint density at radius 2 is 1.70 bits per heavy atom. The van der Waals surface area contributed by atoms with Crippen molar-refractivity contribution in [3.05, 3.63) is 82.7 Å². The molecule has 1 atom stereocenters. The topological polar surface area (TPSA) is 75.3 Å². The quantitative estimate of drug-likeness (QED) is 0.656. The first kappa shape index (κ1) is 19.3. The van der Waals surface area contributed by atoms with Crippen LogP contribution in [-0.2, 0) is 14.8 Å². The number of anilines is 1. The van der Waals surface area contributed by atoms with Crippen LogP contribution in [0.1, 0.15) is 22.7 Å². The number of amides is 1. The second-order valence-corrected chi connectivity index (χ2v) is 9.02. The van der Waals surface area contributed by atoms with Gasteiger partial charge in [-0.2, -0.15) is 4.72 Å². The second kappa shape index (κ2) is 8.04. The van der Waals surface area contributed by atoms with Crippen molar-refractivity contribution in [2.75, 3.05) is 5.32 Å². The molecule has 2 N–H and O–H groups in total. The van der Waals surface area contributed by atoms with E-state index in [4.69, 9.17) is 0 Å². The molecule has 27 heavy (non-hydrogen) atoms. The van der Waals surface area contributed by atoms with Crippen molar-refractivity contribution in [1.82, 2.24) is 4.72 Å². The molecule has 5 nitrogen and oxygen atoms in total. The molecule has 140 valence electrons. The maximum atomic E-state index is 13.0. The number of nitrogens with one attached hydrogen (secondary N) is 2. The van der Waals surface area contributed by atoms with Crippen molar-refractivity contribution >= 4 is 33.0 Å². The lowest BCUT2D eigenvalue weighted by Gasteiger charge is -2.19. The molecular formula is C20H20N2O3S2. The maximum absolute atomic E-state index is 13.0. The number of thiophene rings is 1. The number of benzene rings is 2. The Kier molecular flexibility index (Phi) is 5.74. The zero-order valence-electron chi connectivity index (χ0n) is 15.0. The first-order chi connectivity index (χ1) is 12.9.